The van der Waals surface area contributed by atoms with Crippen LogP contribution in [0.15, 0.2) is 41.0 Å². The predicted molar refractivity (Wildman–Crippen MR) is 78.9 cm³/mol. The normalized spacial score (nSPS) is 9.90. The Hall–Kier alpha value is -2.59. The van der Waals surface area contributed by atoms with Gasteiger partial charge < -0.3 is 15.0 Å². The van der Waals surface area contributed by atoms with E-state index in [1.165, 1.54) is 16.8 Å². The number of nitriles is 1. The molecule has 1 aromatic carbocycles. The SMILES string of the molecule is N#Cc1ccc(NC(=O)c2cccn2CC(=O)O)c(Br)c1. The van der Waals surface area contributed by atoms with Crippen molar-refractivity contribution in [3.63, 3.8) is 0 Å². The standard InChI is InChI=1S/C14H10BrN3O3/c15-10-6-9(7-16)3-4-11(10)17-14(21)12-2-1-5-18(12)8-13(19)20/h1-6H,8H2,(H,17,21)(H,19,20). The van der Waals surface area contributed by atoms with Crippen LogP contribution in [-0.2, 0) is 11.3 Å². The van der Waals surface area contributed by atoms with Gasteiger partial charge in [0.15, 0.2) is 0 Å². The van der Waals surface area contributed by atoms with Gasteiger partial charge in [-0.1, -0.05) is 0 Å². The van der Waals surface area contributed by atoms with Crippen LogP contribution in [0.25, 0.3) is 0 Å². The molecule has 0 aliphatic carbocycles. The average molecular weight is 348 g/mol. The number of rotatable bonds is 4. The van der Waals surface area contributed by atoms with Crippen molar-refractivity contribution in [2.75, 3.05) is 5.32 Å². The molecule has 0 aliphatic heterocycles. The predicted octanol–water partition coefficient (Wildman–Crippen LogP) is 2.46. The molecule has 0 aliphatic rings. The minimum Gasteiger partial charge on any atom is -0.480 e. The fourth-order valence-corrected chi connectivity index (χ4v) is 2.25. The summed E-state index contributed by atoms with van der Waals surface area (Å²) >= 11 is 3.27. The van der Waals surface area contributed by atoms with Crippen molar-refractivity contribution in [3.05, 3.63) is 52.3 Å². The number of halogens is 1. The number of nitrogens with zero attached hydrogens (tertiary/aromatic N) is 2. The van der Waals surface area contributed by atoms with Gasteiger partial charge in [-0.25, -0.2) is 0 Å². The first kappa shape index (κ1) is 14.8. The number of amides is 1. The number of aliphatic carboxylic acids is 1. The summed E-state index contributed by atoms with van der Waals surface area (Å²) in [4.78, 5) is 22.9. The molecule has 7 heteroatoms. The van der Waals surface area contributed by atoms with E-state index in [9.17, 15) is 9.59 Å². The van der Waals surface area contributed by atoms with Crippen molar-refractivity contribution in [1.82, 2.24) is 4.57 Å². The smallest absolute Gasteiger partial charge is 0.323 e. The van der Waals surface area contributed by atoms with Gasteiger partial charge in [-0.15, -0.1) is 0 Å². The molecule has 2 rings (SSSR count). The maximum absolute atomic E-state index is 12.2. The summed E-state index contributed by atoms with van der Waals surface area (Å²) in [5, 5.41) is 20.2. The van der Waals surface area contributed by atoms with Crippen molar-refractivity contribution < 1.29 is 14.7 Å². The zero-order valence-electron chi connectivity index (χ0n) is 10.7. The number of aromatic nitrogens is 1. The number of carbonyl (C=O) groups excluding carboxylic acids is 1. The minimum atomic E-state index is -1.03. The van der Waals surface area contributed by atoms with Crippen LogP contribution in [0.2, 0.25) is 0 Å². The number of anilines is 1. The van der Waals surface area contributed by atoms with E-state index < -0.39 is 11.9 Å². The summed E-state index contributed by atoms with van der Waals surface area (Å²) in [7, 11) is 0. The van der Waals surface area contributed by atoms with Gasteiger partial charge in [0.05, 0.1) is 17.3 Å². The van der Waals surface area contributed by atoms with E-state index in [4.69, 9.17) is 10.4 Å². The lowest BCUT2D eigenvalue weighted by Gasteiger charge is -2.09. The van der Waals surface area contributed by atoms with Gasteiger partial charge in [0.25, 0.3) is 5.91 Å². The van der Waals surface area contributed by atoms with E-state index in [-0.39, 0.29) is 12.2 Å². The molecule has 0 atom stereocenters. The fraction of sp³-hybridized carbons (Fsp3) is 0.0714. The summed E-state index contributed by atoms with van der Waals surface area (Å²) in [6.45, 7) is -0.287. The Morgan fingerprint density at radius 1 is 1.38 bits per heavy atom. The molecule has 0 saturated heterocycles. The van der Waals surface area contributed by atoms with Crippen molar-refractivity contribution in [2.45, 2.75) is 6.54 Å². The summed E-state index contributed by atoms with van der Waals surface area (Å²) in [6, 6.07) is 9.91. The quantitative estimate of drug-likeness (QED) is 0.887. The molecule has 106 valence electrons. The molecule has 2 N–H and O–H groups in total. The first-order valence-corrected chi connectivity index (χ1v) is 6.68. The van der Waals surface area contributed by atoms with Crippen molar-refractivity contribution in [1.29, 1.82) is 5.26 Å². The summed E-state index contributed by atoms with van der Waals surface area (Å²) in [6.07, 6.45) is 1.52. The van der Waals surface area contributed by atoms with Crippen LogP contribution < -0.4 is 5.32 Å². The molecule has 1 aromatic heterocycles. The molecule has 0 saturated carbocycles. The Labute approximate surface area is 128 Å². The zero-order valence-corrected chi connectivity index (χ0v) is 12.3. The van der Waals surface area contributed by atoms with Crippen molar-refractivity contribution >= 4 is 33.5 Å². The first-order chi connectivity index (χ1) is 10.0. The molecule has 0 fully saturated rings. The largest absolute Gasteiger partial charge is 0.480 e. The lowest BCUT2D eigenvalue weighted by molar-refractivity contribution is -0.137. The fourth-order valence-electron chi connectivity index (χ4n) is 1.78. The highest BCUT2D eigenvalue weighted by Gasteiger charge is 2.14. The Morgan fingerprint density at radius 2 is 2.14 bits per heavy atom. The highest BCUT2D eigenvalue weighted by Crippen LogP contribution is 2.24. The van der Waals surface area contributed by atoms with E-state index in [0.717, 1.165) is 0 Å². The maximum atomic E-state index is 12.2. The number of carboxylic acid groups (broad SMARTS) is 1. The third-order valence-electron chi connectivity index (χ3n) is 2.71. The van der Waals surface area contributed by atoms with Crippen LogP contribution in [0.5, 0.6) is 0 Å². The number of nitrogens with one attached hydrogen (secondary N) is 1. The monoisotopic (exact) mass is 347 g/mol. The molecular formula is C14H10BrN3O3. The van der Waals surface area contributed by atoms with E-state index in [1.807, 2.05) is 6.07 Å². The first-order valence-electron chi connectivity index (χ1n) is 5.89. The highest BCUT2D eigenvalue weighted by molar-refractivity contribution is 9.10. The topological polar surface area (TPSA) is 95.1 Å². The Kier molecular flexibility index (Phi) is 4.40. The van der Waals surface area contributed by atoms with Crippen LogP contribution in [0.1, 0.15) is 16.1 Å². The third-order valence-corrected chi connectivity index (χ3v) is 3.37. The van der Waals surface area contributed by atoms with Crippen LogP contribution in [0.3, 0.4) is 0 Å². The van der Waals surface area contributed by atoms with Gasteiger partial charge in [-0.05, 0) is 46.3 Å². The van der Waals surface area contributed by atoms with Gasteiger partial charge >= 0.3 is 5.97 Å². The summed E-state index contributed by atoms with van der Waals surface area (Å²) in [5.41, 5.74) is 1.21. The number of hydrogen-bond donors (Lipinski definition) is 2. The van der Waals surface area contributed by atoms with Gasteiger partial charge in [-0.2, -0.15) is 5.26 Å². The molecule has 6 nitrogen and oxygen atoms in total. The molecule has 21 heavy (non-hydrogen) atoms. The van der Waals surface area contributed by atoms with E-state index in [2.05, 4.69) is 21.2 Å². The molecular weight excluding hydrogens is 338 g/mol. The Balaban J connectivity index is 2.21. The number of benzene rings is 1. The molecule has 0 radical (unpaired) electrons. The average Bonchev–Trinajstić information content (AvgIpc) is 2.88. The molecule has 1 heterocycles. The van der Waals surface area contributed by atoms with E-state index in [1.54, 1.807) is 24.3 Å². The lowest BCUT2D eigenvalue weighted by Crippen LogP contribution is -2.19. The second kappa shape index (κ2) is 6.24. The van der Waals surface area contributed by atoms with Crippen LogP contribution in [-0.4, -0.2) is 21.6 Å². The van der Waals surface area contributed by atoms with Crippen molar-refractivity contribution in [2.24, 2.45) is 0 Å². The summed E-state index contributed by atoms with van der Waals surface area (Å²) in [5.74, 6) is -1.45. The molecule has 0 unspecified atom stereocenters. The second-order valence-corrected chi connectivity index (χ2v) is 5.03. The number of hydrogen-bond acceptors (Lipinski definition) is 3. The van der Waals surface area contributed by atoms with Gasteiger partial charge in [0.1, 0.15) is 12.2 Å². The zero-order chi connectivity index (χ0) is 15.4. The van der Waals surface area contributed by atoms with Gasteiger partial charge in [0.2, 0.25) is 0 Å². The van der Waals surface area contributed by atoms with Crippen molar-refractivity contribution in [3.8, 4) is 6.07 Å². The number of carboxylic acids is 1. The van der Waals surface area contributed by atoms with Gasteiger partial charge in [0, 0.05) is 10.7 Å². The van der Waals surface area contributed by atoms with E-state index in [0.29, 0.717) is 15.7 Å². The molecule has 0 spiro atoms. The minimum absolute atomic E-state index is 0.244. The Morgan fingerprint density at radius 3 is 2.76 bits per heavy atom. The third kappa shape index (κ3) is 3.49. The highest BCUT2D eigenvalue weighted by atomic mass is 79.9. The van der Waals surface area contributed by atoms with Crippen LogP contribution in [0, 0.1) is 11.3 Å². The second-order valence-electron chi connectivity index (χ2n) is 4.18. The Bertz CT molecular complexity index is 746. The number of carbonyl (C=O) groups is 2. The van der Waals surface area contributed by atoms with Gasteiger partial charge in [-0.3, -0.25) is 9.59 Å². The molecule has 2 aromatic rings. The van der Waals surface area contributed by atoms with E-state index >= 15 is 0 Å². The lowest BCUT2D eigenvalue weighted by atomic mass is 10.2. The maximum Gasteiger partial charge on any atom is 0.323 e. The van der Waals surface area contributed by atoms with Crippen LogP contribution >= 0.6 is 15.9 Å². The summed E-state index contributed by atoms with van der Waals surface area (Å²) < 4.78 is 1.92. The molecule has 0 bridgehead atoms. The molecule has 1 amide bonds. The van der Waals surface area contributed by atoms with Crippen LogP contribution in [0.4, 0.5) is 5.69 Å².